The SMILES string of the molecule is CCC(CN=C(N)N(CC)CC)Oc1ccccc1C. The Hall–Kier alpha value is -1.71. The molecule has 0 radical (unpaired) electrons. The van der Waals surface area contributed by atoms with Crippen LogP contribution in [0.15, 0.2) is 29.3 Å². The summed E-state index contributed by atoms with van der Waals surface area (Å²) in [5.41, 5.74) is 7.13. The molecule has 4 heteroatoms. The zero-order valence-corrected chi connectivity index (χ0v) is 13.1. The van der Waals surface area contributed by atoms with Gasteiger partial charge in [0.15, 0.2) is 5.96 Å². The number of benzene rings is 1. The second kappa shape index (κ2) is 8.46. The van der Waals surface area contributed by atoms with E-state index in [-0.39, 0.29) is 6.10 Å². The summed E-state index contributed by atoms with van der Waals surface area (Å²) < 4.78 is 6.01. The van der Waals surface area contributed by atoms with Crippen molar-refractivity contribution in [3.8, 4) is 5.75 Å². The molecular weight excluding hydrogens is 250 g/mol. The van der Waals surface area contributed by atoms with E-state index < -0.39 is 0 Å². The molecule has 20 heavy (non-hydrogen) atoms. The van der Waals surface area contributed by atoms with E-state index in [2.05, 4.69) is 38.8 Å². The Kier molecular flexibility index (Phi) is 6.91. The van der Waals surface area contributed by atoms with E-state index in [1.807, 2.05) is 23.1 Å². The zero-order valence-electron chi connectivity index (χ0n) is 13.1. The van der Waals surface area contributed by atoms with Crippen LogP contribution in [0.1, 0.15) is 32.8 Å². The van der Waals surface area contributed by atoms with Crippen LogP contribution in [0.4, 0.5) is 0 Å². The third-order valence-corrected chi connectivity index (χ3v) is 3.39. The van der Waals surface area contributed by atoms with Crippen LogP contribution in [0.25, 0.3) is 0 Å². The summed E-state index contributed by atoms with van der Waals surface area (Å²) in [6.07, 6.45) is 0.966. The molecule has 1 aromatic carbocycles. The van der Waals surface area contributed by atoms with E-state index in [1.54, 1.807) is 0 Å². The highest BCUT2D eigenvalue weighted by Crippen LogP contribution is 2.18. The molecule has 0 spiro atoms. The average molecular weight is 277 g/mol. The van der Waals surface area contributed by atoms with Gasteiger partial charge in [-0.15, -0.1) is 0 Å². The maximum atomic E-state index is 6.01. The molecule has 0 heterocycles. The molecule has 0 aliphatic heterocycles. The lowest BCUT2D eigenvalue weighted by molar-refractivity contribution is 0.204. The number of guanidine groups is 1. The van der Waals surface area contributed by atoms with Crippen molar-refractivity contribution < 1.29 is 4.74 Å². The van der Waals surface area contributed by atoms with Crippen LogP contribution in [0.3, 0.4) is 0 Å². The largest absolute Gasteiger partial charge is 0.488 e. The van der Waals surface area contributed by atoms with Crippen LogP contribution in [-0.2, 0) is 0 Å². The fraction of sp³-hybridized carbons (Fsp3) is 0.562. The Morgan fingerprint density at radius 3 is 2.45 bits per heavy atom. The van der Waals surface area contributed by atoms with Gasteiger partial charge in [0.2, 0.25) is 0 Å². The van der Waals surface area contributed by atoms with Gasteiger partial charge in [-0.05, 0) is 38.8 Å². The van der Waals surface area contributed by atoms with Gasteiger partial charge >= 0.3 is 0 Å². The molecule has 0 amide bonds. The van der Waals surface area contributed by atoms with E-state index in [1.165, 1.54) is 0 Å². The summed E-state index contributed by atoms with van der Waals surface area (Å²) in [6, 6.07) is 8.05. The van der Waals surface area contributed by atoms with Crippen LogP contribution < -0.4 is 10.5 Å². The Balaban J connectivity index is 2.64. The van der Waals surface area contributed by atoms with Crippen LogP contribution >= 0.6 is 0 Å². The molecular formula is C16H27N3O. The minimum atomic E-state index is 0.0604. The molecule has 1 rings (SSSR count). The molecule has 112 valence electrons. The highest BCUT2D eigenvalue weighted by molar-refractivity contribution is 5.78. The second-order valence-corrected chi connectivity index (χ2v) is 4.78. The van der Waals surface area contributed by atoms with Crippen LogP contribution in [0.2, 0.25) is 0 Å². The number of aryl methyl sites for hydroxylation is 1. The van der Waals surface area contributed by atoms with Gasteiger partial charge in [0.05, 0.1) is 6.54 Å². The highest BCUT2D eigenvalue weighted by atomic mass is 16.5. The minimum absolute atomic E-state index is 0.0604. The van der Waals surface area contributed by atoms with E-state index in [0.717, 1.165) is 30.8 Å². The Morgan fingerprint density at radius 2 is 1.90 bits per heavy atom. The van der Waals surface area contributed by atoms with Gasteiger partial charge in [-0.2, -0.15) is 0 Å². The average Bonchev–Trinajstić information content (AvgIpc) is 2.46. The lowest BCUT2D eigenvalue weighted by Crippen LogP contribution is -2.38. The van der Waals surface area contributed by atoms with Crippen molar-refractivity contribution in [1.82, 2.24) is 4.90 Å². The monoisotopic (exact) mass is 277 g/mol. The number of ether oxygens (including phenoxy) is 1. The molecule has 0 fully saturated rings. The van der Waals surface area contributed by atoms with Gasteiger partial charge in [-0.25, -0.2) is 4.99 Å². The van der Waals surface area contributed by atoms with E-state index in [0.29, 0.717) is 12.5 Å². The van der Waals surface area contributed by atoms with Crippen LogP contribution in [0.5, 0.6) is 5.75 Å². The summed E-state index contributed by atoms with van der Waals surface area (Å²) in [6.45, 7) is 10.7. The lowest BCUT2D eigenvalue weighted by Gasteiger charge is -2.21. The number of nitrogens with zero attached hydrogens (tertiary/aromatic N) is 2. The van der Waals surface area contributed by atoms with Gasteiger partial charge in [0.25, 0.3) is 0 Å². The first kappa shape index (κ1) is 16.3. The predicted molar refractivity (Wildman–Crippen MR) is 85.3 cm³/mol. The maximum absolute atomic E-state index is 6.01. The third kappa shape index (κ3) is 4.76. The van der Waals surface area contributed by atoms with Crippen molar-refractivity contribution in [2.24, 2.45) is 10.7 Å². The minimum Gasteiger partial charge on any atom is -0.488 e. The number of para-hydroxylation sites is 1. The molecule has 0 bridgehead atoms. The van der Waals surface area contributed by atoms with E-state index in [4.69, 9.17) is 10.5 Å². The maximum Gasteiger partial charge on any atom is 0.191 e. The summed E-state index contributed by atoms with van der Waals surface area (Å²) in [4.78, 5) is 6.50. The molecule has 0 aromatic heterocycles. The predicted octanol–water partition coefficient (Wildman–Crippen LogP) is 2.81. The molecule has 0 aliphatic rings. The number of nitrogens with two attached hydrogens (primary N) is 1. The molecule has 2 N–H and O–H groups in total. The standard InChI is InChI=1S/C16H27N3O/c1-5-14(12-18-16(17)19(6-2)7-3)20-15-11-9-8-10-13(15)4/h8-11,14H,5-7,12H2,1-4H3,(H2,17,18). The van der Waals surface area contributed by atoms with Gasteiger partial charge in [-0.3, -0.25) is 0 Å². The molecule has 1 atom stereocenters. The van der Waals surface area contributed by atoms with Crippen LogP contribution in [-0.4, -0.2) is 36.6 Å². The molecule has 1 unspecified atom stereocenters. The van der Waals surface area contributed by atoms with Crippen molar-refractivity contribution >= 4 is 5.96 Å². The second-order valence-electron chi connectivity index (χ2n) is 4.78. The number of hydrogen-bond acceptors (Lipinski definition) is 2. The number of aliphatic imine (C=N–C) groups is 1. The summed E-state index contributed by atoms with van der Waals surface area (Å²) in [5, 5.41) is 0. The van der Waals surface area contributed by atoms with E-state index in [9.17, 15) is 0 Å². The first-order chi connectivity index (χ1) is 9.62. The lowest BCUT2D eigenvalue weighted by atomic mass is 10.2. The molecule has 0 aliphatic carbocycles. The quantitative estimate of drug-likeness (QED) is 0.616. The number of hydrogen-bond donors (Lipinski definition) is 1. The molecule has 0 saturated carbocycles. The van der Waals surface area contributed by atoms with Gasteiger partial charge < -0.3 is 15.4 Å². The summed E-state index contributed by atoms with van der Waals surface area (Å²) >= 11 is 0. The van der Waals surface area contributed by atoms with Gasteiger partial charge in [-0.1, -0.05) is 25.1 Å². The zero-order chi connectivity index (χ0) is 15.0. The van der Waals surface area contributed by atoms with Gasteiger partial charge in [0.1, 0.15) is 11.9 Å². The summed E-state index contributed by atoms with van der Waals surface area (Å²) in [7, 11) is 0. The Morgan fingerprint density at radius 1 is 1.25 bits per heavy atom. The molecule has 1 aromatic rings. The van der Waals surface area contributed by atoms with Crippen molar-refractivity contribution in [2.75, 3.05) is 19.6 Å². The number of rotatable bonds is 7. The normalized spacial score (nSPS) is 13.1. The van der Waals surface area contributed by atoms with Crippen LogP contribution in [0, 0.1) is 6.92 Å². The van der Waals surface area contributed by atoms with E-state index >= 15 is 0 Å². The van der Waals surface area contributed by atoms with Crippen molar-refractivity contribution in [3.05, 3.63) is 29.8 Å². The molecule has 0 saturated heterocycles. The van der Waals surface area contributed by atoms with Gasteiger partial charge in [0, 0.05) is 13.1 Å². The highest BCUT2D eigenvalue weighted by Gasteiger charge is 2.10. The van der Waals surface area contributed by atoms with Crippen molar-refractivity contribution in [3.63, 3.8) is 0 Å². The fourth-order valence-electron chi connectivity index (χ4n) is 1.96. The summed E-state index contributed by atoms with van der Waals surface area (Å²) in [5.74, 6) is 1.53. The third-order valence-electron chi connectivity index (χ3n) is 3.39. The Labute approximate surface area is 122 Å². The van der Waals surface area contributed by atoms with Crippen molar-refractivity contribution in [2.45, 2.75) is 40.2 Å². The fourth-order valence-corrected chi connectivity index (χ4v) is 1.96. The smallest absolute Gasteiger partial charge is 0.191 e. The first-order valence-electron chi connectivity index (χ1n) is 7.39. The Bertz CT molecular complexity index is 427. The van der Waals surface area contributed by atoms with Crippen molar-refractivity contribution in [1.29, 1.82) is 0 Å². The first-order valence-corrected chi connectivity index (χ1v) is 7.39. The topological polar surface area (TPSA) is 50.8 Å². The molecule has 4 nitrogen and oxygen atoms in total.